The second kappa shape index (κ2) is 3.27. The first-order chi connectivity index (χ1) is 7.02. The summed E-state index contributed by atoms with van der Waals surface area (Å²) < 4.78 is 42.8. The number of fused-ring (bicyclic) bond motifs is 1. The quantitative estimate of drug-likeness (QED) is 0.794. The molecule has 0 spiro atoms. The Labute approximate surface area is 83.5 Å². The molecule has 1 aromatic carbocycles. The summed E-state index contributed by atoms with van der Waals surface area (Å²) in [5, 5.41) is 0.0606. The molecule has 1 aromatic heterocycles. The minimum absolute atomic E-state index is 0.0606. The van der Waals surface area contributed by atoms with Gasteiger partial charge in [-0.3, -0.25) is 0 Å². The molecular weight excluding hydrogens is 207 g/mol. The molecule has 5 heteroatoms. The van der Waals surface area contributed by atoms with E-state index in [4.69, 9.17) is 10.2 Å². The van der Waals surface area contributed by atoms with Gasteiger partial charge in [-0.25, -0.2) is 0 Å². The normalized spacial score (nSPS) is 12.3. The number of furan rings is 1. The van der Waals surface area contributed by atoms with Crippen molar-refractivity contribution in [3.05, 3.63) is 35.6 Å². The van der Waals surface area contributed by atoms with Gasteiger partial charge in [0.25, 0.3) is 0 Å². The van der Waals surface area contributed by atoms with E-state index in [-0.39, 0.29) is 17.5 Å². The van der Waals surface area contributed by atoms with Crippen molar-refractivity contribution in [2.75, 3.05) is 0 Å². The Morgan fingerprint density at radius 3 is 2.60 bits per heavy atom. The zero-order valence-electron chi connectivity index (χ0n) is 7.64. The zero-order chi connectivity index (χ0) is 11.1. The van der Waals surface area contributed by atoms with Crippen molar-refractivity contribution in [1.82, 2.24) is 0 Å². The Kier molecular flexibility index (Phi) is 2.19. The van der Waals surface area contributed by atoms with E-state index in [0.717, 1.165) is 6.07 Å². The Balaban J connectivity index is 2.70. The first-order valence-corrected chi connectivity index (χ1v) is 4.31. The van der Waals surface area contributed by atoms with Crippen molar-refractivity contribution in [3.8, 4) is 0 Å². The average molecular weight is 215 g/mol. The van der Waals surface area contributed by atoms with Gasteiger partial charge in [-0.1, -0.05) is 6.07 Å². The third kappa shape index (κ3) is 1.70. The molecule has 0 saturated carbocycles. The van der Waals surface area contributed by atoms with Gasteiger partial charge in [-0.05, 0) is 18.2 Å². The summed E-state index contributed by atoms with van der Waals surface area (Å²) in [5.74, 6) is 0.349. The molecular formula is C10H8F3NO. The lowest BCUT2D eigenvalue weighted by Crippen LogP contribution is -2.04. The van der Waals surface area contributed by atoms with Gasteiger partial charge in [0, 0.05) is 5.39 Å². The Morgan fingerprint density at radius 2 is 2.00 bits per heavy atom. The predicted octanol–water partition coefficient (Wildman–Crippen LogP) is 2.91. The molecule has 2 N–H and O–H groups in total. The van der Waals surface area contributed by atoms with Crippen molar-refractivity contribution in [2.24, 2.45) is 5.73 Å². The monoisotopic (exact) mass is 215 g/mol. The van der Waals surface area contributed by atoms with Gasteiger partial charge in [-0.15, -0.1) is 0 Å². The number of nitrogens with two attached hydrogens (primary N) is 1. The van der Waals surface area contributed by atoms with E-state index in [9.17, 15) is 13.2 Å². The van der Waals surface area contributed by atoms with Crippen molar-refractivity contribution in [1.29, 1.82) is 0 Å². The number of rotatable bonds is 1. The molecule has 2 nitrogen and oxygen atoms in total. The van der Waals surface area contributed by atoms with E-state index in [1.807, 2.05) is 0 Å². The number of alkyl halides is 3. The Morgan fingerprint density at radius 1 is 1.27 bits per heavy atom. The highest BCUT2D eigenvalue weighted by Gasteiger charge is 2.33. The summed E-state index contributed by atoms with van der Waals surface area (Å²) in [6.45, 7) is 0.0893. The van der Waals surface area contributed by atoms with Gasteiger partial charge in [0.1, 0.15) is 11.3 Å². The third-order valence-corrected chi connectivity index (χ3v) is 2.12. The number of hydrogen-bond donors (Lipinski definition) is 1. The molecule has 2 aromatic rings. The van der Waals surface area contributed by atoms with Crippen LogP contribution in [0.25, 0.3) is 11.0 Å². The zero-order valence-corrected chi connectivity index (χ0v) is 7.64. The van der Waals surface area contributed by atoms with Gasteiger partial charge in [-0.2, -0.15) is 13.2 Å². The number of hydrogen-bond acceptors (Lipinski definition) is 2. The molecule has 0 amide bonds. The highest BCUT2D eigenvalue weighted by atomic mass is 19.4. The highest BCUT2D eigenvalue weighted by Crippen LogP contribution is 2.35. The van der Waals surface area contributed by atoms with Crippen LogP contribution in [0.1, 0.15) is 11.3 Å². The fourth-order valence-electron chi connectivity index (χ4n) is 1.46. The maximum absolute atomic E-state index is 12.6. The van der Waals surface area contributed by atoms with E-state index in [1.54, 1.807) is 0 Å². The molecule has 80 valence electrons. The van der Waals surface area contributed by atoms with Gasteiger partial charge in [0.05, 0.1) is 12.1 Å². The fraction of sp³-hybridized carbons (Fsp3) is 0.200. The van der Waals surface area contributed by atoms with Crippen LogP contribution in [-0.4, -0.2) is 0 Å². The SMILES string of the molecule is NCc1cc2c(C(F)(F)F)cccc2o1. The van der Waals surface area contributed by atoms with E-state index in [0.29, 0.717) is 5.76 Å². The van der Waals surface area contributed by atoms with E-state index in [2.05, 4.69) is 0 Å². The largest absolute Gasteiger partial charge is 0.460 e. The lowest BCUT2D eigenvalue weighted by molar-refractivity contribution is -0.136. The van der Waals surface area contributed by atoms with Crippen molar-refractivity contribution in [3.63, 3.8) is 0 Å². The van der Waals surface area contributed by atoms with E-state index in [1.165, 1.54) is 18.2 Å². The molecule has 15 heavy (non-hydrogen) atoms. The van der Waals surface area contributed by atoms with Gasteiger partial charge in [0.15, 0.2) is 0 Å². The summed E-state index contributed by atoms with van der Waals surface area (Å²) in [5.41, 5.74) is 4.82. The first-order valence-electron chi connectivity index (χ1n) is 4.31. The predicted molar refractivity (Wildman–Crippen MR) is 49.1 cm³/mol. The molecule has 2 rings (SSSR count). The smallest absolute Gasteiger partial charge is 0.417 e. The Hall–Kier alpha value is -1.49. The van der Waals surface area contributed by atoms with Gasteiger partial charge < -0.3 is 10.2 Å². The maximum Gasteiger partial charge on any atom is 0.417 e. The second-order valence-corrected chi connectivity index (χ2v) is 3.13. The van der Waals surface area contributed by atoms with Crippen LogP contribution < -0.4 is 5.73 Å². The molecule has 1 heterocycles. The van der Waals surface area contributed by atoms with E-state index >= 15 is 0 Å². The van der Waals surface area contributed by atoms with Gasteiger partial charge in [0.2, 0.25) is 0 Å². The third-order valence-electron chi connectivity index (χ3n) is 2.12. The van der Waals surface area contributed by atoms with Crippen LogP contribution in [0.5, 0.6) is 0 Å². The standard InChI is InChI=1S/C10H8F3NO/c11-10(12,13)8-2-1-3-9-7(8)4-6(5-14)15-9/h1-4H,5,14H2. The summed E-state index contributed by atoms with van der Waals surface area (Å²) in [7, 11) is 0. The van der Waals surface area contributed by atoms with Crippen LogP contribution >= 0.6 is 0 Å². The van der Waals surface area contributed by atoms with Crippen LogP contribution in [0.3, 0.4) is 0 Å². The van der Waals surface area contributed by atoms with Crippen LogP contribution in [0.4, 0.5) is 13.2 Å². The lowest BCUT2D eigenvalue weighted by Gasteiger charge is -2.06. The van der Waals surface area contributed by atoms with Crippen molar-refractivity contribution >= 4 is 11.0 Å². The van der Waals surface area contributed by atoms with Crippen molar-refractivity contribution in [2.45, 2.75) is 12.7 Å². The number of benzene rings is 1. The topological polar surface area (TPSA) is 39.2 Å². The molecule has 0 fully saturated rings. The molecule has 0 radical (unpaired) electrons. The van der Waals surface area contributed by atoms with Crippen LogP contribution in [0.15, 0.2) is 28.7 Å². The highest BCUT2D eigenvalue weighted by molar-refractivity contribution is 5.82. The molecule has 0 atom stereocenters. The van der Waals surface area contributed by atoms with Crippen LogP contribution in [0.2, 0.25) is 0 Å². The number of halogens is 3. The van der Waals surface area contributed by atoms with Crippen LogP contribution in [-0.2, 0) is 12.7 Å². The summed E-state index contributed by atoms with van der Waals surface area (Å²) in [6.07, 6.45) is -4.37. The van der Waals surface area contributed by atoms with Crippen molar-refractivity contribution < 1.29 is 17.6 Å². The molecule has 0 bridgehead atoms. The summed E-state index contributed by atoms with van der Waals surface area (Å²) in [6, 6.07) is 5.16. The molecule has 0 unspecified atom stereocenters. The van der Waals surface area contributed by atoms with Crippen LogP contribution in [0, 0.1) is 0 Å². The van der Waals surface area contributed by atoms with Gasteiger partial charge >= 0.3 is 6.18 Å². The second-order valence-electron chi connectivity index (χ2n) is 3.13. The average Bonchev–Trinajstić information content (AvgIpc) is 2.57. The Bertz CT molecular complexity index is 487. The summed E-state index contributed by atoms with van der Waals surface area (Å²) >= 11 is 0. The fourth-order valence-corrected chi connectivity index (χ4v) is 1.46. The van der Waals surface area contributed by atoms with E-state index < -0.39 is 11.7 Å². The maximum atomic E-state index is 12.6. The molecule has 0 aliphatic heterocycles. The molecule has 0 aliphatic carbocycles. The molecule has 0 saturated heterocycles. The summed E-state index contributed by atoms with van der Waals surface area (Å²) in [4.78, 5) is 0. The lowest BCUT2D eigenvalue weighted by atomic mass is 10.1. The minimum Gasteiger partial charge on any atom is -0.460 e. The minimum atomic E-state index is -4.37. The molecule has 0 aliphatic rings. The first kappa shape index (κ1) is 10.0.